The van der Waals surface area contributed by atoms with Crippen molar-refractivity contribution in [1.82, 2.24) is 0 Å². The lowest BCUT2D eigenvalue weighted by atomic mass is 10.1. The van der Waals surface area contributed by atoms with Gasteiger partial charge in [0.05, 0.1) is 12.1 Å². The Morgan fingerprint density at radius 2 is 1.71 bits per heavy atom. The largest absolute Gasteiger partial charge is 0.487 e. The van der Waals surface area contributed by atoms with Gasteiger partial charge in [0.15, 0.2) is 0 Å². The van der Waals surface area contributed by atoms with Crippen molar-refractivity contribution in [3.8, 4) is 11.8 Å². The van der Waals surface area contributed by atoms with Crippen LogP contribution in [0.25, 0.3) is 6.08 Å². The molecular weight excluding hydrogens is 707 g/mol. The van der Waals surface area contributed by atoms with Crippen LogP contribution in [-0.4, -0.2) is 10.8 Å². The number of nitro benzene ring substituents is 1. The van der Waals surface area contributed by atoms with E-state index in [0.717, 1.165) is 18.8 Å². The summed E-state index contributed by atoms with van der Waals surface area (Å²) in [4.78, 5) is 23.2. The van der Waals surface area contributed by atoms with Crippen LogP contribution in [0.4, 0.5) is 11.4 Å². The molecule has 3 aromatic carbocycles. The molecule has 0 aliphatic rings. The summed E-state index contributed by atoms with van der Waals surface area (Å²) in [5.41, 5.74) is 0.912. The lowest BCUT2D eigenvalue weighted by Crippen LogP contribution is -2.14. The van der Waals surface area contributed by atoms with Crippen LogP contribution in [0, 0.1) is 28.6 Å². The zero-order valence-electron chi connectivity index (χ0n) is 17.0. The Bertz CT molecular complexity index is 1320. The Morgan fingerprint density at radius 3 is 2.29 bits per heavy atom. The van der Waals surface area contributed by atoms with Crippen LogP contribution in [0.15, 0.2) is 60.2 Å². The van der Waals surface area contributed by atoms with Gasteiger partial charge in [0, 0.05) is 16.1 Å². The van der Waals surface area contributed by atoms with Crippen molar-refractivity contribution in [2.45, 2.75) is 6.61 Å². The van der Waals surface area contributed by atoms with Crippen LogP contribution in [0.2, 0.25) is 10.0 Å². The van der Waals surface area contributed by atoms with Crippen molar-refractivity contribution in [2.24, 2.45) is 0 Å². The Hall–Kier alpha value is -2.40. The minimum atomic E-state index is -0.777. The Morgan fingerprint density at radius 1 is 1.09 bits per heavy atom. The Labute approximate surface area is 232 Å². The van der Waals surface area contributed by atoms with Crippen LogP contribution in [-0.2, 0) is 11.4 Å². The van der Waals surface area contributed by atoms with E-state index >= 15 is 0 Å². The maximum absolute atomic E-state index is 12.6. The molecular formula is C23H13Cl2I2N3O4. The fourth-order valence-corrected chi connectivity index (χ4v) is 5.22. The van der Waals surface area contributed by atoms with E-state index in [1.165, 1.54) is 18.2 Å². The van der Waals surface area contributed by atoms with E-state index in [2.05, 4.69) is 50.5 Å². The number of nitro groups is 1. The summed E-state index contributed by atoms with van der Waals surface area (Å²) in [7, 11) is 0. The fraction of sp³-hybridized carbons (Fsp3) is 0.0435. The van der Waals surface area contributed by atoms with Crippen LogP contribution in [0.5, 0.6) is 5.75 Å². The topological polar surface area (TPSA) is 105 Å². The third kappa shape index (κ3) is 6.82. The van der Waals surface area contributed by atoms with Gasteiger partial charge in [-0.25, -0.2) is 0 Å². The van der Waals surface area contributed by atoms with E-state index in [0.29, 0.717) is 22.9 Å². The molecule has 0 atom stereocenters. The lowest BCUT2D eigenvalue weighted by Gasteiger charge is -2.12. The standard InChI is InChI=1S/C23H13Cl2I2N3O4/c24-16-3-1-13(2-4-16)12-34-22-18(26)8-14(9-19(22)27)7-15(11-28)23(31)29-20-6-5-17(25)10-21(20)30(32)33/h1-10H,12H2,(H,29,31)/b15-7+. The number of rotatable bonds is 7. The number of ether oxygens (including phenoxy) is 1. The number of benzene rings is 3. The molecule has 0 spiro atoms. The van der Waals surface area contributed by atoms with Crippen molar-refractivity contribution < 1.29 is 14.5 Å². The highest BCUT2D eigenvalue weighted by Crippen LogP contribution is 2.31. The number of nitriles is 1. The lowest BCUT2D eigenvalue weighted by molar-refractivity contribution is -0.383. The van der Waals surface area contributed by atoms with E-state index < -0.39 is 10.8 Å². The molecule has 34 heavy (non-hydrogen) atoms. The number of halogens is 4. The average Bonchev–Trinajstić information content (AvgIpc) is 2.79. The molecule has 172 valence electrons. The molecule has 3 aromatic rings. The van der Waals surface area contributed by atoms with Crippen molar-refractivity contribution >= 4 is 91.7 Å². The molecule has 0 aliphatic heterocycles. The summed E-state index contributed by atoms with van der Waals surface area (Å²) < 4.78 is 7.53. The highest BCUT2D eigenvalue weighted by atomic mass is 127. The number of nitrogens with one attached hydrogen (secondary N) is 1. The van der Waals surface area contributed by atoms with Crippen molar-refractivity contribution in [1.29, 1.82) is 5.26 Å². The first-order chi connectivity index (χ1) is 16.2. The Balaban J connectivity index is 1.80. The number of carbonyl (C=O) groups is 1. The summed E-state index contributed by atoms with van der Waals surface area (Å²) >= 11 is 15.9. The first-order valence-electron chi connectivity index (χ1n) is 9.41. The molecule has 11 heteroatoms. The highest BCUT2D eigenvalue weighted by molar-refractivity contribution is 14.1. The first-order valence-corrected chi connectivity index (χ1v) is 12.3. The van der Waals surface area contributed by atoms with Crippen molar-refractivity contribution in [3.05, 3.63) is 98.6 Å². The van der Waals surface area contributed by atoms with Gasteiger partial charge in [0.2, 0.25) is 0 Å². The zero-order chi connectivity index (χ0) is 24.8. The van der Waals surface area contributed by atoms with Gasteiger partial charge in [-0.2, -0.15) is 5.26 Å². The van der Waals surface area contributed by atoms with Crippen LogP contribution in [0.1, 0.15) is 11.1 Å². The molecule has 1 N–H and O–H groups in total. The second kappa shape index (κ2) is 11.8. The molecule has 0 radical (unpaired) electrons. The van der Waals surface area contributed by atoms with Gasteiger partial charge >= 0.3 is 0 Å². The molecule has 0 aromatic heterocycles. The third-order valence-corrected chi connectivity index (χ3v) is 6.49. The maximum atomic E-state index is 12.6. The van der Waals surface area contributed by atoms with E-state index in [-0.39, 0.29) is 22.0 Å². The molecule has 3 rings (SSSR count). The number of nitrogens with zero attached hydrogens (tertiary/aromatic N) is 2. The van der Waals surface area contributed by atoms with Gasteiger partial charge in [-0.1, -0.05) is 35.3 Å². The summed E-state index contributed by atoms with van der Waals surface area (Å²) in [5, 5.41) is 24.0. The molecule has 7 nitrogen and oxygen atoms in total. The summed E-state index contributed by atoms with van der Waals surface area (Å²) in [5.74, 6) is -0.103. The first kappa shape index (κ1) is 26.2. The van der Waals surface area contributed by atoms with Gasteiger partial charge in [0.25, 0.3) is 11.6 Å². The molecule has 0 unspecified atom stereocenters. The summed E-state index contributed by atoms with van der Waals surface area (Å²) in [6.45, 7) is 0.351. The molecule has 0 saturated carbocycles. The SMILES string of the molecule is N#C/C(=C\c1cc(I)c(OCc2ccc(Cl)cc2)c(I)c1)C(=O)Nc1ccc(Cl)cc1[N+](=O)[O-]. The van der Waals surface area contributed by atoms with Crippen LogP contribution >= 0.6 is 68.4 Å². The second-order valence-electron chi connectivity index (χ2n) is 6.77. The monoisotopic (exact) mass is 719 g/mol. The van der Waals surface area contributed by atoms with Gasteiger partial charge in [-0.3, -0.25) is 14.9 Å². The minimum Gasteiger partial charge on any atom is -0.487 e. The zero-order valence-corrected chi connectivity index (χ0v) is 22.8. The molecule has 0 heterocycles. The predicted octanol–water partition coefficient (Wildman–Crippen LogP) is 7.24. The minimum absolute atomic E-state index is 0.0596. The number of anilines is 1. The summed E-state index contributed by atoms with van der Waals surface area (Å²) in [6, 6.07) is 16.6. The third-order valence-electron chi connectivity index (χ3n) is 4.40. The normalized spacial score (nSPS) is 11.0. The van der Waals surface area contributed by atoms with E-state index in [1.807, 2.05) is 18.2 Å². The smallest absolute Gasteiger partial charge is 0.294 e. The van der Waals surface area contributed by atoms with E-state index in [1.54, 1.807) is 24.3 Å². The van der Waals surface area contributed by atoms with Gasteiger partial charge in [0.1, 0.15) is 29.7 Å². The van der Waals surface area contributed by atoms with Gasteiger partial charge < -0.3 is 10.1 Å². The van der Waals surface area contributed by atoms with Gasteiger partial charge in [-0.05, 0) is 98.8 Å². The van der Waals surface area contributed by atoms with Crippen LogP contribution < -0.4 is 10.1 Å². The maximum Gasteiger partial charge on any atom is 0.294 e. The predicted molar refractivity (Wildman–Crippen MR) is 148 cm³/mol. The van der Waals surface area contributed by atoms with Crippen molar-refractivity contribution in [2.75, 3.05) is 5.32 Å². The fourth-order valence-electron chi connectivity index (χ4n) is 2.80. The number of hydrogen-bond acceptors (Lipinski definition) is 5. The number of carbonyl (C=O) groups excluding carboxylic acids is 1. The van der Waals surface area contributed by atoms with E-state index in [4.69, 9.17) is 27.9 Å². The highest BCUT2D eigenvalue weighted by Gasteiger charge is 2.19. The number of hydrogen-bond donors (Lipinski definition) is 1. The number of amides is 1. The van der Waals surface area contributed by atoms with Crippen LogP contribution in [0.3, 0.4) is 0 Å². The van der Waals surface area contributed by atoms with Gasteiger partial charge in [-0.15, -0.1) is 0 Å². The average molecular weight is 720 g/mol. The quantitative estimate of drug-likeness (QED) is 0.0912. The summed E-state index contributed by atoms with van der Waals surface area (Å²) in [6.07, 6.45) is 1.41. The van der Waals surface area contributed by atoms with E-state index in [9.17, 15) is 20.2 Å². The molecule has 0 aliphatic carbocycles. The second-order valence-corrected chi connectivity index (χ2v) is 9.97. The van der Waals surface area contributed by atoms with Crippen molar-refractivity contribution in [3.63, 3.8) is 0 Å². The molecule has 0 bridgehead atoms. The molecule has 0 fully saturated rings. The molecule has 1 amide bonds. The molecule has 0 saturated heterocycles. The Kier molecular flexibility index (Phi) is 9.12.